The summed E-state index contributed by atoms with van der Waals surface area (Å²) in [5.74, 6) is 4.82. The van der Waals surface area contributed by atoms with Crippen molar-refractivity contribution >= 4 is 11.7 Å². The minimum absolute atomic E-state index is 0.147. The molecule has 6 nitrogen and oxygen atoms in total. The van der Waals surface area contributed by atoms with Gasteiger partial charge in [0, 0.05) is 6.54 Å². The molecule has 0 saturated carbocycles. The quantitative estimate of drug-likeness (QED) is 0.556. The number of nitrogens with zero attached hydrogens (tertiary/aromatic N) is 2. The summed E-state index contributed by atoms with van der Waals surface area (Å²) in [6.07, 6.45) is 3.13. The van der Waals surface area contributed by atoms with E-state index in [0.717, 1.165) is 0 Å². The zero-order valence-electron chi connectivity index (χ0n) is 10.6. The van der Waals surface area contributed by atoms with E-state index in [2.05, 4.69) is 20.7 Å². The van der Waals surface area contributed by atoms with Gasteiger partial charge in [0.1, 0.15) is 11.5 Å². The maximum Gasteiger partial charge on any atom is 0.271 e. The van der Waals surface area contributed by atoms with Crippen LogP contribution in [0.15, 0.2) is 36.7 Å². The van der Waals surface area contributed by atoms with E-state index in [-0.39, 0.29) is 17.4 Å². The summed E-state index contributed by atoms with van der Waals surface area (Å²) in [7, 11) is 0. The second-order valence-corrected chi connectivity index (χ2v) is 4.03. The van der Waals surface area contributed by atoms with Crippen molar-refractivity contribution in [1.82, 2.24) is 15.3 Å². The number of hydrogen-bond acceptors (Lipinski definition) is 5. The third kappa shape index (κ3) is 3.48. The fraction of sp³-hybridized carbons (Fsp3) is 0.154. The van der Waals surface area contributed by atoms with E-state index in [0.29, 0.717) is 24.3 Å². The molecule has 20 heavy (non-hydrogen) atoms. The van der Waals surface area contributed by atoms with E-state index in [1.165, 1.54) is 18.5 Å². The molecule has 0 atom stereocenters. The topological polar surface area (TPSA) is 92.9 Å². The summed E-state index contributed by atoms with van der Waals surface area (Å²) in [6, 6.07) is 6.44. The summed E-state index contributed by atoms with van der Waals surface area (Å²) in [5, 5.41) is 2.65. The minimum atomic E-state index is -0.383. The summed E-state index contributed by atoms with van der Waals surface area (Å²) < 4.78 is 13.4. The molecule has 1 aromatic heterocycles. The molecule has 0 aliphatic heterocycles. The van der Waals surface area contributed by atoms with Gasteiger partial charge in [-0.3, -0.25) is 9.78 Å². The van der Waals surface area contributed by atoms with Gasteiger partial charge < -0.3 is 10.7 Å². The normalized spacial score (nSPS) is 10.1. The van der Waals surface area contributed by atoms with E-state index in [4.69, 9.17) is 5.84 Å². The Hall–Kier alpha value is -2.54. The molecule has 2 aromatic rings. The molecular weight excluding hydrogens is 261 g/mol. The number of nitrogen functional groups attached to an aromatic ring is 1. The molecular formula is C13H14FN5O. The molecule has 0 unspecified atom stereocenters. The monoisotopic (exact) mass is 275 g/mol. The molecule has 0 spiro atoms. The van der Waals surface area contributed by atoms with Gasteiger partial charge >= 0.3 is 0 Å². The SMILES string of the molecule is NNc1cncc(C(=O)NCCc2ccccc2F)n1. The van der Waals surface area contributed by atoms with E-state index in [9.17, 15) is 9.18 Å². The lowest BCUT2D eigenvalue weighted by Crippen LogP contribution is -2.27. The summed E-state index contributed by atoms with van der Waals surface area (Å²) in [6.45, 7) is 0.307. The van der Waals surface area contributed by atoms with Gasteiger partial charge in [0.2, 0.25) is 0 Å². The number of benzene rings is 1. The van der Waals surface area contributed by atoms with Crippen molar-refractivity contribution in [3.8, 4) is 0 Å². The fourth-order valence-corrected chi connectivity index (χ4v) is 1.65. The summed E-state index contributed by atoms with van der Waals surface area (Å²) >= 11 is 0. The zero-order valence-corrected chi connectivity index (χ0v) is 10.6. The van der Waals surface area contributed by atoms with Crippen molar-refractivity contribution in [3.05, 3.63) is 53.7 Å². The fourth-order valence-electron chi connectivity index (χ4n) is 1.65. The van der Waals surface area contributed by atoms with Crippen molar-refractivity contribution in [3.63, 3.8) is 0 Å². The first kappa shape index (κ1) is 13.9. The molecule has 1 amide bonds. The molecule has 4 N–H and O–H groups in total. The van der Waals surface area contributed by atoms with Crippen LogP contribution in [0.5, 0.6) is 0 Å². The largest absolute Gasteiger partial charge is 0.350 e. The number of nitrogens with one attached hydrogen (secondary N) is 2. The van der Waals surface area contributed by atoms with E-state index >= 15 is 0 Å². The van der Waals surface area contributed by atoms with E-state index in [1.54, 1.807) is 18.2 Å². The molecule has 0 fully saturated rings. The Bertz CT molecular complexity index is 605. The summed E-state index contributed by atoms with van der Waals surface area (Å²) in [4.78, 5) is 19.6. The average Bonchev–Trinajstić information content (AvgIpc) is 2.49. The second kappa shape index (κ2) is 6.58. The van der Waals surface area contributed by atoms with Crippen molar-refractivity contribution < 1.29 is 9.18 Å². The van der Waals surface area contributed by atoms with Gasteiger partial charge in [-0.1, -0.05) is 18.2 Å². The third-order valence-electron chi connectivity index (χ3n) is 2.65. The Morgan fingerprint density at radius 1 is 1.30 bits per heavy atom. The van der Waals surface area contributed by atoms with Gasteiger partial charge in [0.15, 0.2) is 5.82 Å². The number of nitrogens with two attached hydrogens (primary N) is 1. The van der Waals surface area contributed by atoms with Crippen LogP contribution in [-0.2, 0) is 6.42 Å². The average molecular weight is 275 g/mol. The molecule has 0 bridgehead atoms. The van der Waals surface area contributed by atoms with Crippen molar-refractivity contribution in [2.45, 2.75) is 6.42 Å². The number of rotatable bonds is 5. The molecule has 1 heterocycles. The van der Waals surface area contributed by atoms with Gasteiger partial charge in [-0.25, -0.2) is 15.2 Å². The van der Waals surface area contributed by atoms with Crippen LogP contribution in [0.2, 0.25) is 0 Å². The van der Waals surface area contributed by atoms with Gasteiger partial charge in [-0.05, 0) is 18.1 Å². The Kier molecular flexibility index (Phi) is 4.56. The highest BCUT2D eigenvalue weighted by Crippen LogP contribution is 2.06. The molecule has 1 aromatic carbocycles. The van der Waals surface area contributed by atoms with Crippen LogP contribution in [0.1, 0.15) is 16.1 Å². The Morgan fingerprint density at radius 2 is 2.10 bits per heavy atom. The lowest BCUT2D eigenvalue weighted by atomic mass is 10.1. The van der Waals surface area contributed by atoms with E-state index in [1.807, 2.05) is 0 Å². The van der Waals surface area contributed by atoms with Crippen molar-refractivity contribution in [1.29, 1.82) is 0 Å². The van der Waals surface area contributed by atoms with Crippen LogP contribution < -0.4 is 16.6 Å². The van der Waals surface area contributed by atoms with Gasteiger partial charge in [-0.2, -0.15) is 0 Å². The molecule has 0 saturated heterocycles. The lowest BCUT2D eigenvalue weighted by Gasteiger charge is -2.06. The minimum Gasteiger partial charge on any atom is -0.350 e. The third-order valence-corrected chi connectivity index (χ3v) is 2.65. The predicted octanol–water partition coefficient (Wildman–Crippen LogP) is 0.874. The van der Waals surface area contributed by atoms with E-state index < -0.39 is 0 Å². The number of aromatic nitrogens is 2. The van der Waals surface area contributed by atoms with Gasteiger partial charge in [0.05, 0.1) is 12.4 Å². The number of amides is 1. The smallest absolute Gasteiger partial charge is 0.271 e. The molecule has 7 heteroatoms. The van der Waals surface area contributed by atoms with Crippen LogP contribution in [-0.4, -0.2) is 22.4 Å². The number of carbonyl (C=O) groups excluding carboxylic acids is 1. The van der Waals surface area contributed by atoms with Crippen molar-refractivity contribution in [2.24, 2.45) is 5.84 Å². The van der Waals surface area contributed by atoms with Crippen LogP contribution in [0.25, 0.3) is 0 Å². The second-order valence-electron chi connectivity index (χ2n) is 4.03. The number of halogens is 1. The van der Waals surface area contributed by atoms with Crippen LogP contribution in [0.3, 0.4) is 0 Å². The highest BCUT2D eigenvalue weighted by Gasteiger charge is 2.08. The number of hydrogen-bond donors (Lipinski definition) is 3. The Labute approximate surface area is 115 Å². The van der Waals surface area contributed by atoms with Gasteiger partial charge in [-0.15, -0.1) is 0 Å². The molecule has 2 rings (SSSR count). The van der Waals surface area contributed by atoms with Crippen LogP contribution >= 0.6 is 0 Å². The molecule has 0 aliphatic carbocycles. The molecule has 0 aliphatic rings. The number of carbonyl (C=O) groups is 1. The maximum absolute atomic E-state index is 13.4. The number of hydrazine groups is 1. The van der Waals surface area contributed by atoms with Gasteiger partial charge in [0.25, 0.3) is 5.91 Å². The molecule has 104 valence electrons. The Morgan fingerprint density at radius 3 is 2.85 bits per heavy atom. The number of anilines is 1. The lowest BCUT2D eigenvalue weighted by molar-refractivity contribution is 0.0948. The predicted molar refractivity (Wildman–Crippen MR) is 72.3 cm³/mol. The van der Waals surface area contributed by atoms with Crippen LogP contribution in [0, 0.1) is 5.82 Å². The highest BCUT2D eigenvalue weighted by atomic mass is 19.1. The zero-order chi connectivity index (χ0) is 14.4. The molecule has 0 radical (unpaired) electrons. The van der Waals surface area contributed by atoms with Crippen LogP contribution in [0.4, 0.5) is 10.2 Å². The standard InChI is InChI=1S/C13H14FN5O/c14-10-4-2-1-3-9(10)5-6-17-13(20)11-7-16-8-12(18-11)19-15/h1-4,7-8H,5-6,15H2,(H,17,20)(H,18,19). The first-order valence-corrected chi connectivity index (χ1v) is 6.01. The highest BCUT2D eigenvalue weighted by molar-refractivity contribution is 5.92. The van der Waals surface area contributed by atoms with Crippen molar-refractivity contribution in [2.75, 3.05) is 12.0 Å². The first-order valence-electron chi connectivity index (χ1n) is 6.01. The first-order chi connectivity index (χ1) is 9.70. The maximum atomic E-state index is 13.4. The summed E-state index contributed by atoms with van der Waals surface area (Å²) in [5.41, 5.74) is 3.01. The Balaban J connectivity index is 1.91.